The molecule has 0 saturated heterocycles. The predicted molar refractivity (Wildman–Crippen MR) is 87.3 cm³/mol. The summed E-state index contributed by atoms with van der Waals surface area (Å²) in [6.45, 7) is 15.2. The molecule has 0 saturated carbocycles. The molecule has 2 heteroatoms. The van der Waals surface area contributed by atoms with E-state index in [-0.39, 0.29) is 5.41 Å². The summed E-state index contributed by atoms with van der Waals surface area (Å²) in [5.74, 6) is 0. The van der Waals surface area contributed by atoms with Crippen molar-refractivity contribution < 1.29 is 4.74 Å². The Hall–Kier alpha value is -0.860. The second kappa shape index (κ2) is 7.24. The van der Waals surface area contributed by atoms with Crippen molar-refractivity contribution in [2.75, 3.05) is 20.3 Å². The molecule has 1 aromatic rings. The summed E-state index contributed by atoms with van der Waals surface area (Å²) in [5.41, 5.74) is 5.80. The van der Waals surface area contributed by atoms with Crippen molar-refractivity contribution in [1.29, 1.82) is 0 Å². The Bertz CT molecular complexity index is 437. The van der Waals surface area contributed by atoms with E-state index in [4.69, 9.17) is 4.74 Å². The van der Waals surface area contributed by atoms with E-state index in [0.717, 1.165) is 19.6 Å². The number of ether oxygens (including phenoxy) is 1. The van der Waals surface area contributed by atoms with E-state index < -0.39 is 0 Å². The molecule has 0 spiro atoms. The van der Waals surface area contributed by atoms with Crippen molar-refractivity contribution in [3.8, 4) is 0 Å². The van der Waals surface area contributed by atoms with Crippen LogP contribution in [0.15, 0.2) is 12.1 Å². The van der Waals surface area contributed by atoms with E-state index >= 15 is 0 Å². The normalized spacial score (nSPS) is 13.6. The molecule has 0 radical (unpaired) electrons. The fourth-order valence-corrected chi connectivity index (χ4v) is 2.46. The van der Waals surface area contributed by atoms with Gasteiger partial charge in [-0.3, -0.25) is 0 Å². The smallest absolute Gasteiger partial charge is 0.0467 e. The Morgan fingerprint density at radius 3 is 2.30 bits per heavy atom. The molecular weight excluding hydrogens is 246 g/mol. The van der Waals surface area contributed by atoms with Crippen LogP contribution in [0.25, 0.3) is 0 Å². The summed E-state index contributed by atoms with van der Waals surface area (Å²) in [4.78, 5) is 0. The van der Waals surface area contributed by atoms with Gasteiger partial charge in [-0.1, -0.05) is 26.0 Å². The number of nitrogens with one attached hydrogen (secondary N) is 1. The maximum Gasteiger partial charge on any atom is 0.0467 e. The van der Waals surface area contributed by atoms with Crippen LogP contribution in [-0.4, -0.2) is 20.3 Å². The van der Waals surface area contributed by atoms with Crippen LogP contribution in [-0.2, 0) is 4.74 Å². The highest BCUT2D eigenvalue weighted by Crippen LogP contribution is 2.24. The standard InChI is InChI=1S/C18H31NO/c1-13-10-15(3)17(11-14(13)2)16(4)19-12-18(5,6)8-9-20-7/h10-11,16,19H,8-9,12H2,1-7H3. The van der Waals surface area contributed by atoms with Crippen molar-refractivity contribution >= 4 is 0 Å². The molecule has 1 atom stereocenters. The molecule has 114 valence electrons. The number of hydrogen-bond donors (Lipinski definition) is 1. The Balaban J connectivity index is 2.67. The van der Waals surface area contributed by atoms with E-state index in [1.807, 2.05) is 0 Å². The van der Waals surface area contributed by atoms with Gasteiger partial charge in [0.25, 0.3) is 0 Å². The van der Waals surface area contributed by atoms with E-state index in [1.54, 1.807) is 7.11 Å². The van der Waals surface area contributed by atoms with Crippen LogP contribution in [0, 0.1) is 26.2 Å². The molecular formula is C18H31NO. The monoisotopic (exact) mass is 277 g/mol. The van der Waals surface area contributed by atoms with Crippen LogP contribution in [0.4, 0.5) is 0 Å². The van der Waals surface area contributed by atoms with Crippen LogP contribution in [0.1, 0.15) is 55.5 Å². The van der Waals surface area contributed by atoms with Gasteiger partial charge in [0.05, 0.1) is 0 Å². The maximum absolute atomic E-state index is 5.19. The lowest BCUT2D eigenvalue weighted by Crippen LogP contribution is -2.32. The second-order valence-electron chi connectivity index (χ2n) is 6.80. The lowest BCUT2D eigenvalue weighted by molar-refractivity contribution is 0.149. The van der Waals surface area contributed by atoms with Gasteiger partial charge in [-0.2, -0.15) is 0 Å². The van der Waals surface area contributed by atoms with Crippen molar-refractivity contribution in [3.05, 3.63) is 34.4 Å². The lowest BCUT2D eigenvalue weighted by atomic mass is 9.88. The number of rotatable bonds is 7. The van der Waals surface area contributed by atoms with Gasteiger partial charge in [0.1, 0.15) is 0 Å². The highest BCUT2D eigenvalue weighted by Gasteiger charge is 2.19. The van der Waals surface area contributed by atoms with Crippen LogP contribution in [0.2, 0.25) is 0 Å². The first-order chi connectivity index (χ1) is 9.26. The molecule has 0 heterocycles. The average molecular weight is 277 g/mol. The highest BCUT2D eigenvalue weighted by molar-refractivity contribution is 5.38. The molecule has 0 bridgehead atoms. The molecule has 0 aliphatic carbocycles. The Labute approximate surface area is 124 Å². The molecule has 0 amide bonds. The van der Waals surface area contributed by atoms with Crippen LogP contribution >= 0.6 is 0 Å². The minimum Gasteiger partial charge on any atom is -0.385 e. The summed E-state index contributed by atoms with van der Waals surface area (Å²) in [6.07, 6.45) is 1.08. The SMILES string of the molecule is COCCC(C)(C)CNC(C)c1cc(C)c(C)cc1C. The largest absolute Gasteiger partial charge is 0.385 e. The van der Waals surface area contributed by atoms with Crippen LogP contribution in [0.5, 0.6) is 0 Å². The predicted octanol–water partition coefficient (Wildman–Crippen LogP) is 4.33. The van der Waals surface area contributed by atoms with Gasteiger partial charge in [0.2, 0.25) is 0 Å². The van der Waals surface area contributed by atoms with Gasteiger partial charge in [-0.15, -0.1) is 0 Å². The number of benzene rings is 1. The molecule has 2 nitrogen and oxygen atoms in total. The minimum atomic E-state index is 0.262. The third-order valence-electron chi connectivity index (χ3n) is 4.22. The summed E-state index contributed by atoms with van der Waals surface area (Å²) < 4.78 is 5.19. The third kappa shape index (κ3) is 4.92. The molecule has 1 unspecified atom stereocenters. The van der Waals surface area contributed by atoms with Gasteiger partial charge in [0.15, 0.2) is 0 Å². The zero-order valence-corrected chi connectivity index (χ0v) is 14.3. The summed E-state index contributed by atoms with van der Waals surface area (Å²) >= 11 is 0. The highest BCUT2D eigenvalue weighted by atomic mass is 16.5. The summed E-state index contributed by atoms with van der Waals surface area (Å²) in [7, 11) is 1.77. The van der Waals surface area contributed by atoms with Gasteiger partial charge in [-0.25, -0.2) is 0 Å². The van der Waals surface area contributed by atoms with Crippen LogP contribution < -0.4 is 5.32 Å². The average Bonchev–Trinajstić information content (AvgIpc) is 2.38. The number of methoxy groups -OCH3 is 1. The van der Waals surface area contributed by atoms with Gasteiger partial charge < -0.3 is 10.1 Å². The molecule has 1 N–H and O–H groups in total. The first kappa shape index (κ1) is 17.2. The van der Waals surface area contributed by atoms with Crippen molar-refractivity contribution in [1.82, 2.24) is 5.32 Å². The number of hydrogen-bond acceptors (Lipinski definition) is 2. The fraction of sp³-hybridized carbons (Fsp3) is 0.667. The molecule has 0 fully saturated rings. The van der Waals surface area contributed by atoms with Gasteiger partial charge >= 0.3 is 0 Å². The minimum absolute atomic E-state index is 0.262. The Morgan fingerprint density at radius 2 is 1.70 bits per heavy atom. The van der Waals surface area contributed by atoms with E-state index in [0.29, 0.717) is 6.04 Å². The Kier molecular flexibility index (Phi) is 6.22. The van der Waals surface area contributed by atoms with E-state index in [1.165, 1.54) is 22.3 Å². The molecule has 1 aromatic carbocycles. The third-order valence-corrected chi connectivity index (χ3v) is 4.22. The van der Waals surface area contributed by atoms with Crippen molar-refractivity contribution in [2.24, 2.45) is 5.41 Å². The van der Waals surface area contributed by atoms with Crippen molar-refractivity contribution in [2.45, 2.75) is 54.0 Å². The number of aryl methyl sites for hydroxylation is 3. The topological polar surface area (TPSA) is 21.3 Å². The second-order valence-corrected chi connectivity index (χ2v) is 6.80. The zero-order valence-electron chi connectivity index (χ0n) is 14.3. The van der Waals surface area contributed by atoms with E-state index in [9.17, 15) is 0 Å². The first-order valence-corrected chi connectivity index (χ1v) is 7.57. The fourth-order valence-electron chi connectivity index (χ4n) is 2.46. The summed E-state index contributed by atoms with van der Waals surface area (Å²) in [6, 6.07) is 5.00. The molecule has 0 aliphatic heterocycles. The van der Waals surface area contributed by atoms with E-state index in [2.05, 4.69) is 59.0 Å². The first-order valence-electron chi connectivity index (χ1n) is 7.57. The molecule has 1 rings (SSSR count). The lowest BCUT2D eigenvalue weighted by Gasteiger charge is -2.28. The van der Waals surface area contributed by atoms with Crippen LogP contribution in [0.3, 0.4) is 0 Å². The maximum atomic E-state index is 5.19. The summed E-state index contributed by atoms with van der Waals surface area (Å²) in [5, 5.41) is 3.68. The van der Waals surface area contributed by atoms with Crippen molar-refractivity contribution in [3.63, 3.8) is 0 Å². The molecule has 0 aliphatic rings. The molecule has 0 aromatic heterocycles. The Morgan fingerprint density at radius 1 is 1.10 bits per heavy atom. The molecule has 20 heavy (non-hydrogen) atoms. The quantitative estimate of drug-likeness (QED) is 0.801. The zero-order chi connectivity index (χ0) is 15.3. The van der Waals surface area contributed by atoms with Gasteiger partial charge in [-0.05, 0) is 61.8 Å². The van der Waals surface area contributed by atoms with Gasteiger partial charge in [0, 0.05) is 26.3 Å².